The average Bonchev–Trinajstić information content (AvgIpc) is 3.13. The zero-order chi connectivity index (χ0) is 19.1. The van der Waals surface area contributed by atoms with Crippen molar-refractivity contribution in [1.82, 2.24) is 4.98 Å². The van der Waals surface area contributed by atoms with Crippen molar-refractivity contribution in [1.29, 1.82) is 0 Å². The molecule has 6 heteroatoms. The Morgan fingerprint density at radius 1 is 1.26 bits per heavy atom. The van der Waals surface area contributed by atoms with E-state index in [1.165, 1.54) is 0 Å². The van der Waals surface area contributed by atoms with Crippen molar-refractivity contribution in [2.45, 2.75) is 19.3 Å². The zero-order valence-corrected chi connectivity index (χ0v) is 15.3. The molecule has 0 saturated carbocycles. The van der Waals surface area contributed by atoms with Crippen molar-refractivity contribution in [3.63, 3.8) is 0 Å². The molecular weight excluding hydrogens is 344 g/mol. The largest absolute Gasteiger partial charge is 0.495 e. The quantitative estimate of drug-likeness (QED) is 0.554. The Morgan fingerprint density at radius 2 is 2.07 bits per heavy atom. The van der Waals surface area contributed by atoms with E-state index in [0.29, 0.717) is 30.8 Å². The lowest BCUT2D eigenvalue weighted by Crippen LogP contribution is -2.23. The summed E-state index contributed by atoms with van der Waals surface area (Å²) < 4.78 is 10.4. The van der Waals surface area contributed by atoms with Crippen molar-refractivity contribution >= 4 is 23.6 Å². The van der Waals surface area contributed by atoms with Gasteiger partial charge >= 0.3 is 5.97 Å². The van der Waals surface area contributed by atoms with Crippen molar-refractivity contribution in [3.05, 3.63) is 59.9 Å². The van der Waals surface area contributed by atoms with Crippen LogP contribution in [-0.2, 0) is 9.53 Å². The highest BCUT2D eigenvalue weighted by molar-refractivity contribution is 5.96. The minimum atomic E-state index is -0.370. The molecule has 0 spiro atoms. The molecule has 0 radical (unpaired) electrons. The van der Waals surface area contributed by atoms with Gasteiger partial charge in [0, 0.05) is 24.8 Å². The van der Waals surface area contributed by atoms with Gasteiger partial charge in [0.2, 0.25) is 5.91 Å². The van der Waals surface area contributed by atoms with Gasteiger partial charge in [0.05, 0.1) is 25.5 Å². The monoisotopic (exact) mass is 366 g/mol. The Balaban J connectivity index is 1.46. The van der Waals surface area contributed by atoms with Crippen LogP contribution >= 0.6 is 0 Å². The van der Waals surface area contributed by atoms with E-state index in [2.05, 4.69) is 4.98 Å². The van der Waals surface area contributed by atoms with E-state index in [-0.39, 0.29) is 11.9 Å². The normalized spacial score (nSPS) is 14.0. The van der Waals surface area contributed by atoms with E-state index in [9.17, 15) is 9.59 Å². The van der Waals surface area contributed by atoms with Crippen molar-refractivity contribution < 1.29 is 19.1 Å². The Labute approximate surface area is 158 Å². The average molecular weight is 366 g/mol. The van der Waals surface area contributed by atoms with Crippen molar-refractivity contribution in [2.75, 3.05) is 25.2 Å². The summed E-state index contributed by atoms with van der Waals surface area (Å²) in [6.07, 6.45) is 9.27. The molecule has 27 heavy (non-hydrogen) atoms. The number of methoxy groups -OCH3 is 1. The van der Waals surface area contributed by atoms with Gasteiger partial charge in [-0.2, -0.15) is 0 Å². The standard InChI is InChI=1S/C21H22N2O4/c1-26-19-13-16(14-22-15-19)5-2-3-12-27-21(25)17-7-9-18(10-8-17)23-11-4-6-20(23)24/h2,5,7-10,13-15H,3-4,6,11-12H2,1H3/b5-2+. The van der Waals surface area contributed by atoms with E-state index >= 15 is 0 Å². The summed E-state index contributed by atoms with van der Waals surface area (Å²) in [4.78, 5) is 29.7. The second-order valence-corrected chi connectivity index (χ2v) is 6.18. The molecule has 1 fully saturated rings. The Morgan fingerprint density at radius 3 is 2.78 bits per heavy atom. The van der Waals surface area contributed by atoms with Gasteiger partial charge in [0.25, 0.3) is 0 Å². The summed E-state index contributed by atoms with van der Waals surface area (Å²) in [5, 5.41) is 0. The summed E-state index contributed by atoms with van der Waals surface area (Å²) in [5.74, 6) is 0.455. The first-order chi connectivity index (χ1) is 13.2. The van der Waals surface area contributed by atoms with Gasteiger partial charge in [0.1, 0.15) is 5.75 Å². The lowest BCUT2D eigenvalue weighted by atomic mass is 10.2. The number of amides is 1. The van der Waals surface area contributed by atoms with Crippen LogP contribution in [-0.4, -0.2) is 37.1 Å². The summed E-state index contributed by atoms with van der Waals surface area (Å²) in [7, 11) is 1.60. The van der Waals surface area contributed by atoms with Gasteiger partial charge in [-0.15, -0.1) is 0 Å². The van der Waals surface area contributed by atoms with Gasteiger partial charge in [-0.3, -0.25) is 9.78 Å². The Hall–Kier alpha value is -3.15. The lowest BCUT2D eigenvalue weighted by Gasteiger charge is -2.15. The maximum Gasteiger partial charge on any atom is 0.338 e. The van der Waals surface area contributed by atoms with E-state index in [0.717, 1.165) is 24.2 Å². The third-order valence-corrected chi connectivity index (χ3v) is 4.29. The molecule has 0 unspecified atom stereocenters. The number of rotatable bonds is 7. The number of hydrogen-bond donors (Lipinski definition) is 0. The van der Waals surface area contributed by atoms with Gasteiger partial charge in [-0.25, -0.2) is 4.79 Å². The fourth-order valence-electron chi connectivity index (χ4n) is 2.86. The highest BCUT2D eigenvalue weighted by Gasteiger charge is 2.21. The molecule has 0 atom stereocenters. The molecule has 1 saturated heterocycles. The predicted molar refractivity (Wildman–Crippen MR) is 103 cm³/mol. The highest BCUT2D eigenvalue weighted by Crippen LogP contribution is 2.21. The van der Waals surface area contributed by atoms with Crippen LogP contribution in [0.4, 0.5) is 5.69 Å². The van der Waals surface area contributed by atoms with Crippen LogP contribution in [0.5, 0.6) is 5.75 Å². The molecule has 3 rings (SSSR count). The van der Waals surface area contributed by atoms with Gasteiger partial charge in [0.15, 0.2) is 0 Å². The van der Waals surface area contributed by atoms with E-state index in [1.54, 1.807) is 48.7 Å². The molecule has 2 heterocycles. The summed E-state index contributed by atoms with van der Waals surface area (Å²) >= 11 is 0. The third kappa shape index (κ3) is 4.94. The first-order valence-corrected chi connectivity index (χ1v) is 8.90. The van der Waals surface area contributed by atoms with E-state index in [1.807, 2.05) is 18.2 Å². The summed E-state index contributed by atoms with van der Waals surface area (Å²) in [6.45, 7) is 1.02. The van der Waals surface area contributed by atoms with Gasteiger partial charge in [-0.05, 0) is 48.7 Å². The summed E-state index contributed by atoms with van der Waals surface area (Å²) in [6, 6.07) is 8.84. The van der Waals surface area contributed by atoms with Crippen LogP contribution in [0.15, 0.2) is 48.8 Å². The predicted octanol–water partition coefficient (Wildman–Crippen LogP) is 3.48. The molecule has 1 aromatic heterocycles. The van der Waals surface area contributed by atoms with E-state index in [4.69, 9.17) is 9.47 Å². The number of benzene rings is 1. The first kappa shape index (κ1) is 18.6. The second kappa shape index (κ2) is 8.98. The van der Waals surface area contributed by atoms with Crippen LogP contribution in [0.25, 0.3) is 6.08 Å². The number of ether oxygens (including phenoxy) is 2. The maximum atomic E-state index is 12.1. The molecule has 1 amide bonds. The topological polar surface area (TPSA) is 68.7 Å². The Kier molecular flexibility index (Phi) is 6.20. The SMILES string of the molecule is COc1cncc(/C=C/CCOC(=O)c2ccc(N3CCCC3=O)cc2)c1. The van der Waals surface area contributed by atoms with Crippen LogP contribution in [0.1, 0.15) is 35.2 Å². The van der Waals surface area contributed by atoms with Gasteiger partial charge in [-0.1, -0.05) is 12.2 Å². The number of esters is 1. The van der Waals surface area contributed by atoms with Crippen LogP contribution in [0.3, 0.4) is 0 Å². The molecule has 1 aliphatic rings. The second-order valence-electron chi connectivity index (χ2n) is 6.18. The molecule has 0 N–H and O–H groups in total. The van der Waals surface area contributed by atoms with Crippen LogP contribution < -0.4 is 9.64 Å². The number of aromatic nitrogens is 1. The third-order valence-electron chi connectivity index (χ3n) is 4.29. The number of nitrogens with zero attached hydrogens (tertiary/aromatic N) is 2. The molecule has 140 valence electrons. The zero-order valence-electron chi connectivity index (χ0n) is 15.3. The maximum absolute atomic E-state index is 12.1. The van der Waals surface area contributed by atoms with Gasteiger partial charge < -0.3 is 14.4 Å². The fraction of sp³-hybridized carbons (Fsp3) is 0.286. The molecule has 2 aromatic rings. The fourth-order valence-corrected chi connectivity index (χ4v) is 2.86. The molecule has 6 nitrogen and oxygen atoms in total. The molecule has 1 aliphatic heterocycles. The molecule has 0 aliphatic carbocycles. The number of hydrogen-bond acceptors (Lipinski definition) is 5. The van der Waals surface area contributed by atoms with Crippen molar-refractivity contribution in [3.8, 4) is 5.75 Å². The van der Waals surface area contributed by atoms with Crippen LogP contribution in [0, 0.1) is 0 Å². The number of anilines is 1. The highest BCUT2D eigenvalue weighted by atomic mass is 16.5. The smallest absolute Gasteiger partial charge is 0.338 e. The van der Waals surface area contributed by atoms with E-state index < -0.39 is 0 Å². The number of carbonyl (C=O) groups is 2. The summed E-state index contributed by atoms with van der Waals surface area (Å²) in [5.41, 5.74) is 2.22. The minimum Gasteiger partial charge on any atom is -0.495 e. The first-order valence-electron chi connectivity index (χ1n) is 8.90. The minimum absolute atomic E-state index is 0.128. The number of carbonyl (C=O) groups excluding carboxylic acids is 2. The van der Waals surface area contributed by atoms with Crippen molar-refractivity contribution in [2.24, 2.45) is 0 Å². The molecule has 0 bridgehead atoms. The number of pyridine rings is 1. The van der Waals surface area contributed by atoms with Crippen LogP contribution in [0.2, 0.25) is 0 Å². The molecular formula is C21H22N2O4. The lowest BCUT2D eigenvalue weighted by molar-refractivity contribution is -0.117. The Bertz CT molecular complexity index is 830. The molecule has 1 aromatic carbocycles.